The van der Waals surface area contributed by atoms with Gasteiger partial charge in [-0.25, -0.2) is 9.97 Å². The summed E-state index contributed by atoms with van der Waals surface area (Å²) in [5, 5.41) is 13.0. The van der Waals surface area contributed by atoms with Crippen LogP contribution < -0.4 is 5.32 Å². The molecular weight excluding hydrogens is 182 g/mol. The first-order valence-corrected chi connectivity index (χ1v) is 4.65. The second-order valence-corrected chi connectivity index (χ2v) is 3.17. The molecule has 2 rings (SSSR count). The molecule has 0 amide bonds. The van der Waals surface area contributed by atoms with E-state index in [4.69, 9.17) is 4.74 Å². The van der Waals surface area contributed by atoms with Crippen LogP contribution in [-0.2, 0) is 4.74 Å². The molecule has 1 fully saturated rings. The van der Waals surface area contributed by atoms with Crippen LogP contribution in [0, 0.1) is 0 Å². The van der Waals surface area contributed by atoms with Crippen LogP contribution in [0.1, 0.15) is 11.9 Å². The summed E-state index contributed by atoms with van der Waals surface area (Å²) in [5.41, 5.74) is 0. The number of nitrogens with zero attached hydrogens (tertiary/aromatic N) is 2. The Morgan fingerprint density at radius 2 is 2.29 bits per heavy atom. The Kier molecular flexibility index (Phi) is 3.03. The zero-order chi connectivity index (χ0) is 9.80. The standard InChI is InChI=1S/C9H13N3O2/c13-8(7-6-10-4-5-14-7)9-11-2-1-3-12-9/h1-3,7-8,10,13H,4-6H2. The molecule has 1 aliphatic heterocycles. The monoisotopic (exact) mass is 195 g/mol. The molecule has 0 aromatic carbocycles. The fourth-order valence-corrected chi connectivity index (χ4v) is 1.42. The first-order chi connectivity index (χ1) is 6.88. The third kappa shape index (κ3) is 2.06. The summed E-state index contributed by atoms with van der Waals surface area (Å²) in [5.74, 6) is 0.418. The van der Waals surface area contributed by atoms with E-state index in [0.29, 0.717) is 19.0 Å². The van der Waals surface area contributed by atoms with Gasteiger partial charge in [-0.05, 0) is 6.07 Å². The van der Waals surface area contributed by atoms with Crippen LogP contribution in [-0.4, -0.2) is 40.9 Å². The molecule has 0 bridgehead atoms. The van der Waals surface area contributed by atoms with Crippen molar-refractivity contribution < 1.29 is 9.84 Å². The average molecular weight is 195 g/mol. The number of aliphatic hydroxyl groups is 1. The van der Waals surface area contributed by atoms with E-state index < -0.39 is 6.10 Å². The Morgan fingerprint density at radius 1 is 1.50 bits per heavy atom. The Bertz CT molecular complexity index is 275. The fraction of sp³-hybridized carbons (Fsp3) is 0.556. The van der Waals surface area contributed by atoms with Crippen LogP contribution >= 0.6 is 0 Å². The van der Waals surface area contributed by atoms with Gasteiger partial charge >= 0.3 is 0 Å². The van der Waals surface area contributed by atoms with E-state index in [9.17, 15) is 5.11 Å². The number of rotatable bonds is 2. The van der Waals surface area contributed by atoms with Crippen molar-refractivity contribution >= 4 is 0 Å². The third-order valence-corrected chi connectivity index (χ3v) is 2.16. The van der Waals surface area contributed by atoms with Crippen molar-refractivity contribution in [3.8, 4) is 0 Å². The highest BCUT2D eigenvalue weighted by Gasteiger charge is 2.25. The molecule has 2 atom stereocenters. The first-order valence-electron chi connectivity index (χ1n) is 4.65. The lowest BCUT2D eigenvalue weighted by molar-refractivity contribution is -0.0568. The fourth-order valence-electron chi connectivity index (χ4n) is 1.42. The Balaban J connectivity index is 2.03. The Hall–Kier alpha value is -1.04. The molecule has 1 aliphatic rings. The number of nitrogens with one attached hydrogen (secondary N) is 1. The van der Waals surface area contributed by atoms with Gasteiger partial charge in [-0.3, -0.25) is 0 Å². The van der Waals surface area contributed by atoms with Crippen LogP contribution in [0.5, 0.6) is 0 Å². The van der Waals surface area contributed by atoms with Gasteiger partial charge in [0.25, 0.3) is 0 Å². The van der Waals surface area contributed by atoms with Crippen molar-refractivity contribution in [2.24, 2.45) is 0 Å². The molecule has 1 aromatic heterocycles. The quantitative estimate of drug-likeness (QED) is 0.666. The number of hydrogen-bond acceptors (Lipinski definition) is 5. The molecule has 14 heavy (non-hydrogen) atoms. The minimum absolute atomic E-state index is 0.244. The van der Waals surface area contributed by atoms with Gasteiger partial charge in [0.2, 0.25) is 0 Å². The topological polar surface area (TPSA) is 67.3 Å². The van der Waals surface area contributed by atoms with Crippen molar-refractivity contribution in [2.75, 3.05) is 19.7 Å². The maximum absolute atomic E-state index is 9.86. The van der Waals surface area contributed by atoms with Gasteiger partial charge in [-0.1, -0.05) is 0 Å². The van der Waals surface area contributed by atoms with Crippen molar-refractivity contribution in [1.82, 2.24) is 15.3 Å². The van der Waals surface area contributed by atoms with E-state index >= 15 is 0 Å². The molecule has 76 valence electrons. The normalized spacial score (nSPS) is 24.5. The molecule has 5 nitrogen and oxygen atoms in total. The summed E-state index contributed by atoms with van der Waals surface area (Å²) < 4.78 is 5.40. The zero-order valence-electron chi connectivity index (χ0n) is 7.76. The van der Waals surface area contributed by atoms with Gasteiger partial charge in [-0.2, -0.15) is 0 Å². The average Bonchev–Trinajstić information content (AvgIpc) is 2.30. The van der Waals surface area contributed by atoms with Gasteiger partial charge in [0, 0.05) is 25.5 Å². The van der Waals surface area contributed by atoms with Crippen LogP contribution in [0.3, 0.4) is 0 Å². The molecule has 2 heterocycles. The van der Waals surface area contributed by atoms with Crippen LogP contribution in [0.4, 0.5) is 0 Å². The highest BCUT2D eigenvalue weighted by Crippen LogP contribution is 2.15. The van der Waals surface area contributed by atoms with Crippen LogP contribution in [0.25, 0.3) is 0 Å². The molecule has 1 aromatic rings. The molecule has 0 saturated carbocycles. The number of aliphatic hydroxyl groups excluding tert-OH is 1. The van der Waals surface area contributed by atoms with Gasteiger partial charge in [-0.15, -0.1) is 0 Å². The molecule has 0 radical (unpaired) electrons. The van der Waals surface area contributed by atoms with E-state index in [1.165, 1.54) is 0 Å². The lowest BCUT2D eigenvalue weighted by Gasteiger charge is -2.26. The van der Waals surface area contributed by atoms with Gasteiger partial charge in [0.15, 0.2) is 5.82 Å². The molecule has 0 spiro atoms. The summed E-state index contributed by atoms with van der Waals surface area (Å²) in [6.45, 7) is 2.09. The molecular formula is C9H13N3O2. The van der Waals surface area contributed by atoms with Crippen LogP contribution in [0.2, 0.25) is 0 Å². The second-order valence-electron chi connectivity index (χ2n) is 3.17. The SMILES string of the molecule is OC(c1ncccn1)C1CNCCO1. The Labute approximate surface area is 82.1 Å². The lowest BCUT2D eigenvalue weighted by atomic mass is 10.1. The van der Waals surface area contributed by atoms with Crippen molar-refractivity contribution in [3.05, 3.63) is 24.3 Å². The Morgan fingerprint density at radius 3 is 2.93 bits per heavy atom. The van der Waals surface area contributed by atoms with E-state index in [1.807, 2.05) is 0 Å². The lowest BCUT2D eigenvalue weighted by Crippen LogP contribution is -2.42. The predicted molar refractivity (Wildman–Crippen MR) is 49.6 cm³/mol. The molecule has 5 heteroatoms. The van der Waals surface area contributed by atoms with Crippen molar-refractivity contribution in [2.45, 2.75) is 12.2 Å². The number of morpholine rings is 1. The zero-order valence-corrected chi connectivity index (χ0v) is 7.76. The maximum Gasteiger partial charge on any atom is 0.159 e. The summed E-state index contributed by atoms with van der Waals surface area (Å²) in [6, 6.07) is 1.72. The second kappa shape index (κ2) is 4.45. The number of hydrogen-bond donors (Lipinski definition) is 2. The van der Waals surface area contributed by atoms with Crippen molar-refractivity contribution in [1.29, 1.82) is 0 Å². The van der Waals surface area contributed by atoms with E-state index in [2.05, 4.69) is 15.3 Å². The van der Waals surface area contributed by atoms with E-state index in [-0.39, 0.29) is 6.10 Å². The minimum Gasteiger partial charge on any atom is -0.382 e. The molecule has 2 N–H and O–H groups in total. The molecule has 2 unspecified atom stereocenters. The summed E-state index contributed by atoms with van der Waals surface area (Å²) >= 11 is 0. The summed E-state index contributed by atoms with van der Waals surface area (Å²) in [4.78, 5) is 7.97. The third-order valence-electron chi connectivity index (χ3n) is 2.16. The first kappa shape index (κ1) is 9.51. The number of aromatic nitrogens is 2. The van der Waals surface area contributed by atoms with Gasteiger partial charge < -0.3 is 15.2 Å². The molecule has 1 saturated heterocycles. The highest BCUT2D eigenvalue weighted by atomic mass is 16.5. The summed E-state index contributed by atoms with van der Waals surface area (Å²) in [6.07, 6.45) is 2.24. The van der Waals surface area contributed by atoms with E-state index in [1.54, 1.807) is 18.5 Å². The highest BCUT2D eigenvalue weighted by molar-refractivity contribution is 4.96. The largest absolute Gasteiger partial charge is 0.382 e. The van der Waals surface area contributed by atoms with E-state index in [0.717, 1.165) is 6.54 Å². The smallest absolute Gasteiger partial charge is 0.159 e. The van der Waals surface area contributed by atoms with Crippen LogP contribution in [0.15, 0.2) is 18.5 Å². The van der Waals surface area contributed by atoms with Gasteiger partial charge in [0.05, 0.1) is 6.61 Å². The minimum atomic E-state index is -0.746. The summed E-state index contributed by atoms with van der Waals surface area (Å²) in [7, 11) is 0. The van der Waals surface area contributed by atoms with Crippen molar-refractivity contribution in [3.63, 3.8) is 0 Å². The predicted octanol–water partition coefficient (Wildman–Crippen LogP) is -0.502. The number of ether oxygens (including phenoxy) is 1. The maximum atomic E-state index is 9.86. The van der Waals surface area contributed by atoms with Gasteiger partial charge in [0.1, 0.15) is 12.2 Å². The molecule has 0 aliphatic carbocycles.